The van der Waals surface area contributed by atoms with Crippen molar-refractivity contribution >= 4 is 45.9 Å². The fraction of sp³-hybridized carbons (Fsp3) is 0.357. The molecule has 3 aromatic rings. The highest BCUT2D eigenvalue weighted by Crippen LogP contribution is 2.47. The minimum atomic E-state index is -1.02. The Morgan fingerprint density at radius 3 is 2.74 bits per heavy atom. The molecule has 0 aliphatic carbocycles. The number of carbonyl (C=O) groups is 3. The molecule has 1 saturated heterocycles. The van der Waals surface area contributed by atoms with Gasteiger partial charge in [-0.25, -0.2) is 11.0 Å². The number of carbonyl (C=O) groups excluding carboxylic acids is 3. The van der Waals surface area contributed by atoms with Gasteiger partial charge in [0.05, 0.1) is 11.4 Å². The lowest BCUT2D eigenvalue weighted by Gasteiger charge is -2.32. The zero-order valence-corrected chi connectivity index (χ0v) is 22.0. The maximum atomic E-state index is 14.1. The fourth-order valence-electron chi connectivity index (χ4n) is 5.62. The Morgan fingerprint density at radius 2 is 2.03 bits per heavy atom. The van der Waals surface area contributed by atoms with Crippen molar-refractivity contribution in [1.29, 1.82) is 0 Å². The molecule has 2 aliphatic heterocycles. The number of benzene rings is 2. The van der Waals surface area contributed by atoms with Gasteiger partial charge >= 0.3 is 6.17 Å². The van der Waals surface area contributed by atoms with Gasteiger partial charge in [0.25, 0.3) is 11.8 Å². The van der Waals surface area contributed by atoms with Crippen LogP contribution in [0.5, 0.6) is 0 Å². The highest BCUT2D eigenvalue weighted by Gasteiger charge is 2.59. The second-order valence-corrected chi connectivity index (χ2v) is 10.8. The number of nitrogens with zero attached hydrogens (tertiary/aromatic N) is 3. The van der Waals surface area contributed by atoms with Gasteiger partial charge in [0.1, 0.15) is 23.0 Å². The maximum Gasteiger partial charge on any atom is 0.302 e. The van der Waals surface area contributed by atoms with E-state index in [4.69, 9.17) is 18.2 Å². The van der Waals surface area contributed by atoms with Gasteiger partial charge in [0.15, 0.2) is 0 Å². The van der Waals surface area contributed by atoms with E-state index < -0.39 is 35.3 Å². The molecule has 196 valence electrons. The summed E-state index contributed by atoms with van der Waals surface area (Å²) >= 11 is 6.45. The Kier molecular flexibility index (Phi) is 6.40. The zero-order chi connectivity index (χ0) is 27.4. The molecule has 1 spiro atoms. The molecule has 1 fully saturated rings. The molecule has 3 heterocycles. The number of anilines is 1. The van der Waals surface area contributed by atoms with Gasteiger partial charge in [-0.15, -0.1) is 0 Å². The summed E-state index contributed by atoms with van der Waals surface area (Å²) < 4.78 is 13.8. The van der Waals surface area contributed by atoms with Crippen molar-refractivity contribution in [2.24, 2.45) is 5.92 Å². The van der Waals surface area contributed by atoms with Crippen molar-refractivity contribution < 1.29 is 18.8 Å². The quantitative estimate of drug-likeness (QED) is 0.459. The van der Waals surface area contributed by atoms with Crippen LogP contribution in [-0.4, -0.2) is 58.3 Å². The van der Waals surface area contributed by atoms with Gasteiger partial charge in [-0.05, 0) is 42.2 Å². The molecule has 2 aromatic carbocycles. The van der Waals surface area contributed by atoms with Gasteiger partial charge in [-0.1, -0.05) is 43.6 Å². The monoisotopic (exact) mass is 535 g/mol. The summed E-state index contributed by atoms with van der Waals surface area (Å²) in [5, 5.41) is 3.34. The molecule has 3 atom stereocenters. The first kappa shape index (κ1) is 25.7. The molecule has 0 saturated carbocycles. The number of rotatable bonds is 5. The minimum absolute atomic E-state index is 0.0462. The summed E-state index contributed by atoms with van der Waals surface area (Å²) in [4.78, 5) is 50.2. The molecule has 2 N–H and O–H groups in total. The fourth-order valence-corrected chi connectivity index (χ4v) is 5.90. The number of aromatic nitrogens is 1. The normalized spacial score (nSPS) is 21.0. The van der Waals surface area contributed by atoms with Crippen LogP contribution >= 0.6 is 11.6 Å². The summed E-state index contributed by atoms with van der Waals surface area (Å²) in [5.74, 6) is -1.59. The van der Waals surface area contributed by atoms with E-state index in [0.717, 1.165) is 5.56 Å². The van der Waals surface area contributed by atoms with E-state index in [1.54, 1.807) is 0 Å². The maximum absolute atomic E-state index is 14.1. The third-order valence-electron chi connectivity index (χ3n) is 7.57. The number of hydrogen-bond acceptors (Lipinski definition) is 3. The predicted molar refractivity (Wildman–Crippen MR) is 142 cm³/mol. The first-order valence-electron chi connectivity index (χ1n) is 12.4. The number of hydrogen-bond donors (Lipinski definition) is 2. The molecule has 2 aliphatic rings. The smallest absolute Gasteiger partial charge is 0.302 e. The number of halogens is 2. The van der Waals surface area contributed by atoms with Crippen LogP contribution < -0.4 is 5.32 Å². The summed E-state index contributed by atoms with van der Waals surface area (Å²) in [5.41, 5.74) is 1.000. The standard InChI is InChI=1S/C28H27ClFN5O3/c1-15(2)11-21(34(4)26(37)24-23(29)17-12-16(30)9-10-19(17)32-24)25(36)35-14-28(13-22(35)31-3)18-7-5-6-8-20(18)33-27(28)38/h5-10,12,15,21-22,32H,11,13-14H2,1-2,4H3,(H,33,38)/t21-,22-,28-/m0/s1. The molecular weight excluding hydrogens is 509 g/mol. The van der Waals surface area contributed by atoms with Crippen LogP contribution in [0, 0.1) is 18.3 Å². The van der Waals surface area contributed by atoms with Crippen molar-refractivity contribution in [2.45, 2.75) is 44.3 Å². The number of aromatic amines is 1. The highest BCUT2D eigenvalue weighted by molar-refractivity contribution is 6.38. The van der Waals surface area contributed by atoms with Crippen LogP contribution in [0.1, 0.15) is 42.7 Å². The van der Waals surface area contributed by atoms with Crippen LogP contribution in [0.25, 0.3) is 15.7 Å². The lowest BCUT2D eigenvalue weighted by atomic mass is 9.80. The van der Waals surface area contributed by atoms with Crippen LogP contribution in [0.2, 0.25) is 5.02 Å². The number of amides is 3. The van der Waals surface area contributed by atoms with Crippen molar-refractivity contribution in [3.05, 3.63) is 76.0 Å². The molecule has 8 nitrogen and oxygen atoms in total. The van der Waals surface area contributed by atoms with Crippen LogP contribution in [0.15, 0.2) is 42.5 Å². The Balaban J connectivity index is 1.48. The first-order valence-corrected chi connectivity index (χ1v) is 12.8. The highest BCUT2D eigenvalue weighted by atomic mass is 35.5. The summed E-state index contributed by atoms with van der Waals surface area (Å²) in [7, 11) is 1.52. The van der Waals surface area contributed by atoms with E-state index in [1.165, 1.54) is 35.0 Å². The minimum Gasteiger partial charge on any atom is -0.349 e. The number of H-pyrrole nitrogens is 1. The largest absolute Gasteiger partial charge is 0.349 e. The van der Waals surface area contributed by atoms with E-state index in [1.807, 2.05) is 38.1 Å². The molecule has 5 rings (SSSR count). The van der Waals surface area contributed by atoms with Crippen LogP contribution in [0.4, 0.5) is 10.1 Å². The average Bonchev–Trinajstić information content (AvgIpc) is 3.53. The van der Waals surface area contributed by atoms with E-state index in [0.29, 0.717) is 23.0 Å². The van der Waals surface area contributed by atoms with Crippen LogP contribution in [-0.2, 0) is 15.0 Å². The van der Waals surface area contributed by atoms with Gasteiger partial charge in [-0.3, -0.25) is 24.1 Å². The molecular formula is C28H27ClFN5O3. The predicted octanol–water partition coefficient (Wildman–Crippen LogP) is 4.81. The second-order valence-electron chi connectivity index (χ2n) is 10.4. The zero-order valence-electron chi connectivity index (χ0n) is 21.2. The van der Waals surface area contributed by atoms with Crippen molar-refractivity contribution in [3.8, 4) is 0 Å². The summed E-state index contributed by atoms with van der Waals surface area (Å²) in [6, 6.07) is 10.4. The number of nitrogens with one attached hydrogen (secondary N) is 2. The lowest BCUT2D eigenvalue weighted by molar-refractivity contribution is -0.136. The van der Waals surface area contributed by atoms with Gasteiger partial charge in [0.2, 0.25) is 5.91 Å². The molecule has 0 bridgehead atoms. The van der Waals surface area contributed by atoms with Crippen molar-refractivity contribution in [2.75, 3.05) is 18.9 Å². The number of likely N-dealkylation sites (tertiary alicyclic amines) is 1. The number of fused-ring (bicyclic) bond motifs is 3. The SMILES string of the molecule is [C-]#[N+][C@@H]1C[C@@]2(CN1C(=O)[C@H](CC(C)C)N(C)C(=O)c1[nH]c3ccc(F)cc3c1Cl)C(=O)Nc1ccccc12. The topological polar surface area (TPSA) is 89.9 Å². The van der Waals surface area contributed by atoms with Gasteiger partial charge in [-0.2, -0.15) is 0 Å². The lowest BCUT2D eigenvalue weighted by Crippen LogP contribution is -2.51. The Morgan fingerprint density at radius 1 is 1.29 bits per heavy atom. The molecule has 3 amide bonds. The van der Waals surface area contributed by atoms with Crippen molar-refractivity contribution in [3.63, 3.8) is 0 Å². The van der Waals surface area contributed by atoms with Gasteiger partial charge in [0, 0.05) is 30.2 Å². The van der Waals surface area contributed by atoms with E-state index in [-0.39, 0.29) is 35.5 Å². The molecule has 0 unspecified atom stereocenters. The molecule has 38 heavy (non-hydrogen) atoms. The van der Waals surface area contributed by atoms with E-state index >= 15 is 0 Å². The Bertz CT molecular complexity index is 1510. The molecule has 1 aromatic heterocycles. The van der Waals surface area contributed by atoms with Crippen LogP contribution in [0.3, 0.4) is 0 Å². The average molecular weight is 536 g/mol. The Hall–Kier alpha value is -3.90. The van der Waals surface area contributed by atoms with Gasteiger partial charge < -0.3 is 15.2 Å². The summed E-state index contributed by atoms with van der Waals surface area (Å²) in [6.45, 7) is 11.7. The first-order chi connectivity index (χ1) is 18.1. The number of para-hydroxylation sites is 1. The second kappa shape index (κ2) is 9.44. The van der Waals surface area contributed by atoms with E-state index in [2.05, 4.69) is 15.1 Å². The van der Waals surface area contributed by atoms with Crippen molar-refractivity contribution in [1.82, 2.24) is 14.8 Å². The summed E-state index contributed by atoms with van der Waals surface area (Å²) in [6.07, 6.45) is -0.335. The Labute approximate surface area is 224 Å². The third-order valence-corrected chi connectivity index (χ3v) is 7.96. The number of likely N-dealkylation sites (N-methyl/N-ethyl adjacent to an activating group) is 1. The third kappa shape index (κ3) is 4.00. The molecule has 10 heteroatoms. The van der Waals surface area contributed by atoms with E-state index in [9.17, 15) is 18.8 Å². The molecule has 0 radical (unpaired) electrons.